The largest absolute Gasteiger partial charge is 0.396 e. The molecule has 0 spiro atoms. The maximum absolute atomic E-state index is 12.1. The van der Waals surface area contributed by atoms with Crippen LogP contribution in [0.25, 0.3) is 0 Å². The van der Waals surface area contributed by atoms with Gasteiger partial charge in [0, 0.05) is 35.9 Å². The van der Waals surface area contributed by atoms with Crippen LogP contribution in [0.2, 0.25) is 0 Å². The summed E-state index contributed by atoms with van der Waals surface area (Å²) in [6, 6.07) is 4.13. The summed E-state index contributed by atoms with van der Waals surface area (Å²) in [4.78, 5) is 13.3. The van der Waals surface area contributed by atoms with E-state index in [1.165, 1.54) is 11.3 Å². The van der Waals surface area contributed by atoms with Gasteiger partial charge in [-0.3, -0.25) is 0 Å². The third-order valence-corrected chi connectivity index (χ3v) is 5.41. The highest BCUT2D eigenvalue weighted by Crippen LogP contribution is 2.23. The molecule has 1 aliphatic carbocycles. The molecule has 1 aliphatic rings. The zero-order valence-electron chi connectivity index (χ0n) is 12.7. The fourth-order valence-corrected chi connectivity index (χ4v) is 3.72. The zero-order chi connectivity index (χ0) is 15.1. The minimum absolute atomic E-state index is 0.106. The van der Waals surface area contributed by atoms with Crippen LogP contribution in [-0.4, -0.2) is 30.3 Å². The fourth-order valence-electron chi connectivity index (χ4n) is 2.93. The molecule has 3 atom stereocenters. The molecular formula is C16H26N2O2S. The molecule has 0 bridgehead atoms. The topological polar surface area (TPSA) is 61.4 Å². The normalized spacial score (nSPS) is 24.1. The Morgan fingerprint density at radius 3 is 2.95 bits per heavy atom. The standard InChI is InChI=1S/C16H26N2O2S/c1-12(15-8-5-9-21-15)10-17-16(20)18-14-7-4-2-3-6-13(14)11-19/h5,8-9,12-14,19H,2-4,6-7,10-11H2,1H3,(H2,17,18,20). The molecule has 2 rings (SSSR count). The van der Waals surface area contributed by atoms with Gasteiger partial charge in [0.05, 0.1) is 0 Å². The van der Waals surface area contributed by atoms with Crippen molar-refractivity contribution >= 4 is 17.4 Å². The molecule has 0 aromatic carbocycles. The van der Waals surface area contributed by atoms with Gasteiger partial charge in [-0.1, -0.05) is 32.3 Å². The molecule has 118 valence electrons. The summed E-state index contributed by atoms with van der Waals surface area (Å²) in [5, 5.41) is 17.5. The minimum atomic E-state index is -0.108. The van der Waals surface area contributed by atoms with Gasteiger partial charge in [-0.05, 0) is 24.3 Å². The lowest BCUT2D eigenvalue weighted by Crippen LogP contribution is -2.46. The first-order valence-electron chi connectivity index (χ1n) is 7.89. The molecule has 21 heavy (non-hydrogen) atoms. The van der Waals surface area contributed by atoms with Gasteiger partial charge in [0.15, 0.2) is 0 Å². The number of urea groups is 1. The van der Waals surface area contributed by atoms with E-state index in [2.05, 4.69) is 29.0 Å². The van der Waals surface area contributed by atoms with E-state index in [4.69, 9.17) is 0 Å². The Labute approximate surface area is 131 Å². The molecular weight excluding hydrogens is 284 g/mol. The predicted molar refractivity (Wildman–Crippen MR) is 86.7 cm³/mol. The molecule has 2 amide bonds. The van der Waals surface area contributed by atoms with E-state index < -0.39 is 0 Å². The van der Waals surface area contributed by atoms with Crippen LogP contribution in [-0.2, 0) is 0 Å². The fraction of sp³-hybridized carbons (Fsp3) is 0.688. The van der Waals surface area contributed by atoms with Crippen LogP contribution < -0.4 is 10.6 Å². The summed E-state index contributed by atoms with van der Waals surface area (Å²) < 4.78 is 0. The number of nitrogens with one attached hydrogen (secondary N) is 2. The average molecular weight is 310 g/mol. The predicted octanol–water partition coefficient (Wildman–Crippen LogP) is 3.09. The first-order chi connectivity index (χ1) is 10.2. The van der Waals surface area contributed by atoms with Gasteiger partial charge >= 0.3 is 6.03 Å². The van der Waals surface area contributed by atoms with Gasteiger partial charge in [-0.2, -0.15) is 0 Å². The molecule has 0 saturated heterocycles. The van der Waals surface area contributed by atoms with E-state index in [1.54, 1.807) is 11.3 Å². The van der Waals surface area contributed by atoms with Crippen LogP contribution in [0.3, 0.4) is 0 Å². The van der Waals surface area contributed by atoms with Crippen molar-refractivity contribution in [3.63, 3.8) is 0 Å². The SMILES string of the molecule is CC(CNC(=O)NC1CCCCCC1CO)c1cccs1. The van der Waals surface area contributed by atoms with Gasteiger partial charge in [0.25, 0.3) is 0 Å². The molecule has 3 unspecified atom stereocenters. The average Bonchev–Trinajstić information content (AvgIpc) is 2.93. The van der Waals surface area contributed by atoms with Gasteiger partial charge < -0.3 is 15.7 Å². The van der Waals surface area contributed by atoms with E-state index in [1.807, 2.05) is 6.07 Å². The smallest absolute Gasteiger partial charge is 0.315 e. The third-order valence-electron chi connectivity index (χ3n) is 4.31. The monoisotopic (exact) mass is 310 g/mol. The lowest BCUT2D eigenvalue weighted by Gasteiger charge is -2.25. The number of aliphatic hydroxyl groups excluding tert-OH is 1. The Kier molecular flexibility index (Phi) is 6.51. The van der Waals surface area contributed by atoms with Gasteiger partial charge in [0.2, 0.25) is 0 Å². The Bertz CT molecular complexity index is 422. The van der Waals surface area contributed by atoms with E-state index in [9.17, 15) is 9.90 Å². The van der Waals surface area contributed by atoms with Crippen LogP contribution in [0.5, 0.6) is 0 Å². The minimum Gasteiger partial charge on any atom is -0.396 e. The maximum atomic E-state index is 12.1. The summed E-state index contributed by atoms with van der Waals surface area (Å²) >= 11 is 1.72. The quantitative estimate of drug-likeness (QED) is 0.732. The second kappa shape index (κ2) is 8.39. The number of aliphatic hydroxyl groups is 1. The molecule has 1 heterocycles. The van der Waals surface area contributed by atoms with E-state index in [0.717, 1.165) is 25.7 Å². The van der Waals surface area contributed by atoms with Crippen LogP contribution in [0, 0.1) is 5.92 Å². The van der Waals surface area contributed by atoms with Crippen LogP contribution in [0.4, 0.5) is 4.79 Å². The molecule has 4 nitrogen and oxygen atoms in total. The Balaban J connectivity index is 1.77. The zero-order valence-corrected chi connectivity index (χ0v) is 13.5. The highest BCUT2D eigenvalue weighted by Gasteiger charge is 2.24. The number of carbonyl (C=O) groups is 1. The highest BCUT2D eigenvalue weighted by molar-refractivity contribution is 7.10. The number of hydrogen-bond acceptors (Lipinski definition) is 3. The Morgan fingerprint density at radius 2 is 2.24 bits per heavy atom. The number of hydrogen-bond donors (Lipinski definition) is 3. The van der Waals surface area contributed by atoms with Gasteiger partial charge in [-0.15, -0.1) is 11.3 Å². The van der Waals surface area contributed by atoms with Crippen molar-refractivity contribution in [1.29, 1.82) is 0 Å². The van der Waals surface area contributed by atoms with Crippen molar-refractivity contribution < 1.29 is 9.90 Å². The van der Waals surface area contributed by atoms with E-state index in [0.29, 0.717) is 12.5 Å². The van der Waals surface area contributed by atoms with Gasteiger partial charge in [0.1, 0.15) is 0 Å². The van der Waals surface area contributed by atoms with Crippen molar-refractivity contribution in [1.82, 2.24) is 10.6 Å². The lowest BCUT2D eigenvalue weighted by molar-refractivity contribution is 0.179. The summed E-state index contributed by atoms with van der Waals surface area (Å²) in [5.41, 5.74) is 0. The summed E-state index contributed by atoms with van der Waals surface area (Å²) in [6.45, 7) is 2.92. The second-order valence-corrected chi connectivity index (χ2v) is 6.94. The van der Waals surface area contributed by atoms with Crippen molar-refractivity contribution in [2.45, 2.75) is 51.0 Å². The number of amides is 2. The number of thiophene rings is 1. The molecule has 1 fully saturated rings. The van der Waals surface area contributed by atoms with Crippen LogP contribution >= 0.6 is 11.3 Å². The van der Waals surface area contributed by atoms with Crippen molar-refractivity contribution in [2.75, 3.05) is 13.2 Å². The van der Waals surface area contributed by atoms with E-state index >= 15 is 0 Å². The maximum Gasteiger partial charge on any atom is 0.315 e. The summed E-state index contributed by atoms with van der Waals surface area (Å²) in [6.07, 6.45) is 5.46. The lowest BCUT2D eigenvalue weighted by atomic mass is 9.96. The molecule has 3 N–H and O–H groups in total. The Morgan fingerprint density at radius 1 is 1.43 bits per heavy atom. The van der Waals surface area contributed by atoms with Crippen molar-refractivity contribution in [2.24, 2.45) is 5.92 Å². The summed E-state index contributed by atoms with van der Waals surface area (Å²) in [5.74, 6) is 0.534. The van der Waals surface area contributed by atoms with Crippen molar-refractivity contribution in [3.8, 4) is 0 Å². The summed E-state index contributed by atoms with van der Waals surface area (Å²) in [7, 11) is 0. The molecule has 0 aliphatic heterocycles. The molecule has 5 heteroatoms. The first-order valence-corrected chi connectivity index (χ1v) is 8.77. The highest BCUT2D eigenvalue weighted by atomic mass is 32.1. The molecule has 1 aromatic heterocycles. The van der Waals surface area contributed by atoms with Crippen LogP contribution in [0.1, 0.15) is 49.8 Å². The Hall–Kier alpha value is -1.07. The molecule has 0 radical (unpaired) electrons. The molecule has 1 aromatic rings. The van der Waals surface area contributed by atoms with Gasteiger partial charge in [-0.25, -0.2) is 4.79 Å². The van der Waals surface area contributed by atoms with Crippen LogP contribution in [0.15, 0.2) is 17.5 Å². The third kappa shape index (κ3) is 5.00. The number of rotatable bonds is 5. The molecule has 1 saturated carbocycles. The number of carbonyl (C=O) groups excluding carboxylic acids is 1. The van der Waals surface area contributed by atoms with E-state index in [-0.39, 0.29) is 24.6 Å². The van der Waals surface area contributed by atoms with Crippen molar-refractivity contribution in [3.05, 3.63) is 22.4 Å². The second-order valence-electron chi connectivity index (χ2n) is 5.96. The first kappa shape index (κ1) is 16.3.